The predicted octanol–water partition coefficient (Wildman–Crippen LogP) is 4.19. The molecule has 0 bridgehead atoms. The lowest BCUT2D eigenvalue weighted by molar-refractivity contribution is -0.112. The summed E-state index contributed by atoms with van der Waals surface area (Å²) in [6.07, 6.45) is 1.34. The molecule has 2 aromatic carbocycles. The first-order valence-electron chi connectivity index (χ1n) is 7.98. The molecule has 0 spiro atoms. The summed E-state index contributed by atoms with van der Waals surface area (Å²) in [4.78, 5) is 23.3. The Bertz CT molecular complexity index is 1060. The van der Waals surface area contributed by atoms with Crippen LogP contribution in [0.5, 0.6) is 0 Å². The van der Waals surface area contributed by atoms with Gasteiger partial charge in [-0.15, -0.1) is 0 Å². The average Bonchev–Trinajstić information content (AvgIpc) is 3.15. The molecule has 0 saturated carbocycles. The summed E-state index contributed by atoms with van der Waals surface area (Å²) in [5, 5.41) is 21.0. The van der Waals surface area contributed by atoms with E-state index in [2.05, 4.69) is 5.32 Å². The fraction of sp³-hybridized carbons (Fsp3) is 0. The van der Waals surface area contributed by atoms with Gasteiger partial charge in [-0.25, -0.2) is 4.79 Å². The molecule has 3 aromatic rings. The van der Waals surface area contributed by atoms with Crippen molar-refractivity contribution in [2.75, 3.05) is 5.32 Å². The van der Waals surface area contributed by atoms with Crippen LogP contribution in [0.1, 0.15) is 16.1 Å². The van der Waals surface area contributed by atoms with Crippen molar-refractivity contribution in [2.45, 2.75) is 0 Å². The van der Waals surface area contributed by atoms with Crippen molar-refractivity contribution >= 4 is 23.6 Å². The number of hydrogen-bond donors (Lipinski definition) is 2. The van der Waals surface area contributed by atoms with Gasteiger partial charge in [0.25, 0.3) is 5.91 Å². The first-order valence-corrected chi connectivity index (χ1v) is 7.98. The number of nitrogens with zero attached hydrogens (tertiary/aromatic N) is 1. The minimum absolute atomic E-state index is 0.112. The zero-order valence-electron chi connectivity index (χ0n) is 14.0. The van der Waals surface area contributed by atoms with Crippen LogP contribution in [-0.2, 0) is 4.79 Å². The summed E-state index contributed by atoms with van der Waals surface area (Å²) in [5.74, 6) is -0.835. The number of carboxylic acid groups (broad SMARTS) is 1. The molecular weight excluding hydrogens is 344 g/mol. The summed E-state index contributed by atoms with van der Waals surface area (Å²) < 4.78 is 5.64. The summed E-state index contributed by atoms with van der Waals surface area (Å²) in [7, 11) is 0. The molecule has 6 heteroatoms. The lowest BCUT2D eigenvalue weighted by Crippen LogP contribution is -2.13. The third-order valence-electron chi connectivity index (χ3n) is 3.70. The quantitative estimate of drug-likeness (QED) is 0.526. The molecule has 0 unspecified atom stereocenters. The summed E-state index contributed by atoms with van der Waals surface area (Å²) in [5.41, 5.74) is 1.19. The maximum absolute atomic E-state index is 12.2. The fourth-order valence-electron chi connectivity index (χ4n) is 2.40. The molecule has 1 aromatic heterocycles. The minimum Gasteiger partial charge on any atom is -0.478 e. The molecule has 0 fully saturated rings. The second-order valence-corrected chi connectivity index (χ2v) is 5.58. The van der Waals surface area contributed by atoms with Gasteiger partial charge in [0.1, 0.15) is 23.2 Å². The maximum atomic E-state index is 12.2. The van der Waals surface area contributed by atoms with Crippen molar-refractivity contribution in [3.8, 4) is 17.4 Å². The summed E-state index contributed by atoms with van der Waals surface area (Å²) in [6.45, 7) is 0. The Kier molecular flexibility index (Phi) is 5.15. The molecule has 27 heavy (non-hydrogen) atoms. The monoisotopic (exact) mass is 358 g/mol. The number of benzene rings is 2. The van der Waals surface area contributed by atoms with E-state index in [4.69, 9.17) is 9.52 Å². The molecule has 6 nitrogen and oxygen atoms in total. The van der Waals surface area contributed by atoms with E-state index in [1.54, 1.807) is 48.5 Å². The molecule has 3 rings (SSSR count). The molecule has 0 aliphatic heterocycles. The molecule has 0 aliphatic rings. The van der Waals surface area contributed by atoms with Gasteiger partial charge < -0.3 is 14.8 Å². The van der Waals surface area contributed by atoms with Crippen LogP contribution in [0.2, 0.25) is 0 Å². The van der Waals surface area contributed by atoms with Crippen LogP contribution >= 0.6 is 0 Å². The Hall–Kier alpha value is -4.11. The SMILES string of the molecule is N#C/C(=C\c1ccc(-c2cccc(C(=O)O)c2)o1)C(=O)Nc1ccccc1. The number of anilines is 1. The standard InChI is InChI=1S/C21H14N2O4/c22-13-16(20(24)23-17-7-2-1-3-8-17)12-18-9-10-19(27-18)14-5-4-6-15(11-14)21(25)26/h1-12H,(H,23,24)(H,25,26)/b16-12+. The van der Waals surface area contributed by atoms with Crippen LogP contribution < -0.4 is 5.32 Å². The molecule has 0 atom stereocenters. The van der Waals surface area contributed by atoms with Gasteiger partial charge in [-0.05, 0) is 36.4 Å². The Labute approximate surface area is 155 Å². The van der Waals surface area contributed by atoms with Gasteiger partial charge in [-0.3, -0.25) is 4.79 Å². The Balaban J connectivity index is 1.82. The number of para-hydroxylation sites is 1. The highest BCUT2D eigenvalue weighted by atomic mass is 16.4. The number of carbonyl (C=O) groups excluding carboxylic acids is 1. The zero-order valence-corrected chi connectivity index (χ0v) is 14.0. The van der Waals surface area contributed by atoms with Gasteiger partial charge in [-0.2, -0.15) is 5.26 Å². The van der Waals surface area contributed by atoms with Crippen molar-refractivity contribution in [1.29, 1.82) is 5.26 Å². The van der Waals surface area contributed by atoms with E-state index in [-0.39, 0.29) is 11.1 Å². The smallest absolute Gasteiger partial charge is 0.335 e. The van der Waals surface area contributed by atoms with Crippen LogP contribution in [-0.4, -0.2) is 17.0 Å². The number of carboxylic acids is 1. The molecule has 0 saturated heterocycles. The number of carbonyl (C=O) groups is 2. The Morgan fingerprint density at radius 1 is 1.04 bits per heavy atom. The van der Waals surface area contributed by atoms with Gasteiger partial charge in [-0.1, -0.05) is 30.3 Å². The van der Waals surface area contributed by atoms with E-state index in [1.165, 1.54) is 18.2 Å². The number of nitriles is 1. The molecule has 0 aliphatic carbocycles. The number of amides is 1. The number of rotatable bonds is 5. The van der Waals surface area contributed by atoms with Crippen molar-refractivity contribution in [3.63, 3.8) is 0 Å². The number of furan rings is 1. The summed E-state index contributed by atoms with van der Waals surface area (Å²) in [6, 6.07) is 20.2. The highest BCUT2D eigenvalue weighted by molar-refractivity contribution is 6.09. The van der Waals surface area contributed by atoms with Gasteiger partial charge in [0.2, 0.25) is 0 Å². The van der Waals surface area contributed by atoms with Gasteiger partial charge in [0.05, 0.1) is 5.56 Å². The van der Waals surface area contributed by atoms with Gasteiger partial charge in [0.15, 0.2) is 0 Å². The molecule has 0 radical (unpaired) electrons. The van der Waals surface area contributed by atoms with Gasteiger partial charge in [0, 0.05) is 17.3 Å². The second-order valence-electron chi connectivity index (χ2n) is 5.58. The number of nitrogens with one attached hydrogen (secondary N) is 1. The first-order chi connectivity index (χ1) is 13.1. The van der Waals surface area contributed by atoms with Gasteiger partial charge >= 0.3 is 5.97 Å². The molecule has 1 amide bonds. The average molecular weight is 358 g/mol. The van der Waals surface area contributed by atoms with E-state index in [0.717, 1.165) is 0 Å². The lowest BCUT2D eigenvalue weighted by Gasteiger charge is -2.03. The molecule has 2 N–H and O–H groups in total. The normalized spacial score (nSPS) is 10.9. The largest absolute Gasteiger partial charge is 0.478 e. The summed E-state index contributed by atoms with van der Waals surface area (Å²) >= 11 is 0. The van der Waals surface area contributed by atoms with E-state index in [0.29, 0.717) is 22.8 Å². The van der Waals surface area contributed by atoms with Crippen LogP contribution in [0, 0.1) is 11.3 Å². The lowest BCUT2D eigenvalue weighted by atomic mass is 10.1. The molecule has 132 valence electrons. The number of aromatic carboxylic acids is 1. The fourth-order valence-corrected chi connectivity index (χ4v) is 2.40. The topological polar surface area (TPSA) is 103 Å². The maximum Gasteiger partial charge on any atom is 0.335 e. The van der Waals surface area contributed by atoms with E-state index >= 15 is 0 Å². The van der Waals surface area contributed by atoms with E-state index < -0.39 is 11.9 Å². The van der Waals surface area contributed by atoms with E-state index in [1.807, 2.05) is 12.1 Å². The van der Waals surface area contributed by atoms with Crippen molar-refractivity contribution in [3.05, 3.63) is 83.6 Å². The molecule has 1 heterocycles. The van der Waals surface area contributed by atoms with E-state index in [9.17, 15) is 14.9 Å². The third-order valence-corrected chi connectivity index (χ3v) is 3.70. The zero-order chi connectivity index (χ0) is 19.2. The highest BCUT2D eigenvalue weighted by Crippen LogP contribution is 2.24. The van der Waals surface area contributed by atoms with Crippen molar-refractivity contribution < 1.29 is 19.1 Å². The highest BCUT2D eigenvalue weighted by Gasteiger charge is 2.12. The molecular formula is C21H14N2O4. The number of hydrogen-bond acceptors (Lipinski definition) is 4. The van der Waals surface area contributed by atoms with Crippen molar-refractivity contribution in [1.82, 2.24) is 0 Å². The van der Waals surface area contributed by atoms with Crippen LogP contribution in [0.25, 0.3) is 17.4 Å². The Morgan fingerprint density at radius 3 is 2.52 bits per heavy atom. The second kappa shape index (κ2) is 7.85. The van der Waals surface area contributed by atoms with Crippen molar-refractivity contribution in [2.24, 2.45) is 0 Å². The van der Waals surface area contributed by atoms with Crippen LogP contribution in [0.3, 0.4) is 0 Å². The Morgan fingerprint density at radius 2 is 1.81 bits per heavy atom. The first kappa shape index (κ1) is 17.7. The third kappa shape index (κ3) is 4.30. The van der Waals surface area contributed by atoms with Crippen LogP contribution in [0.4, 0.5) is 5.69 Å². The van der Waals surface area contributed by atoms with Crippen LogP contribution in [0.15, 0.2) is 76.7 Å². The predicted molar refractivity (Wildman–Crippen MR) is 99.8 cm³/mol. The minimum atomic E-state index is -1.03.